The van der Waals surface area contributed by atoms with Gasteiger partial charge in [-0.25, -0.2) is 0 Å². The third-order valence-corrected chi connectivity index (χ3v) is 4.66. The Balaban J connectivity index is 2.05. The molecule has 0 amide bonds. The second kappa shape index (κ2) is 7.04. The Morgan fingerprint density at radius 2 is 1.95 bits per heavy atom. The maximum Gasteiger partial charge on any atom is 0.0372 e. The van der Waals surface area contributed by atoms with Crippen molar-refractivity contribution in [2.45, 2.75) is 58.9 Å². The van der Waals surface area contributed by atoms with Crippen molar-refractivity contribution in [2.24, 2.45) is 11.8 Å². The molecule has 0 saturated heterocycles. The molecule has 0 aliphatic heterocycles. The van der Waals surface area contributed by atoms with Crippen molar-refractivity contribution in [3.8, 4) is 0 Å². The molecular formula is C17H28N2. The van der Waals surface area contributed by atoms with Gasteiger partial charge in [-0.15, -0.1) is 0 Å². The summed E-state index contributed by atoms with van der Waals surface area (Å²) in [5.74, 6) is 1.75. The average molecular weight is 260 g/mol. The van der Waals surface area contributed by atoms with Crippen molar-refractivity contribution in [1.29, 1.82) is 0 Å². The quantitative estimate of drug-likeness (QED) is 0.855. The second-order valence-corrected chi connectivity index (χ2v) is 5.96. The van der Waals surface area contributed by atoms with E-state index in [4.69, 9.17) is 0 Å². The van der Waals surface area contributed by atoms with Crippen molar-refractivity contribution < 1.29 is 0 Å². The fourth-order valence-electron chi connectivity index (χ4n) is 3.37. The van der Waals surface area contributed by atoms with Gasteiger partial charge in [0, 0.05) is 17.9 Å². The molecular weight excluding hydrogens is 232 g/mol. The molecule has 2 rings (SSSR count). The Labute approximate surface area is 118 Å². The topological polar surface area (TPSA) is 24.9 Å². The molecule has 0 bridgehead atoms. The van der Waals surface area contributed by atoms with E-state index < -0.39 is 0 Å². The van der Waals surface area contributed by atoms with Gasteiger partial charge in [0.05, 0.1) is 0 Å². The minimum absolute atomic E-state index is 0.496. The largest absolute Gasteiger partial charge is 0.310 e. The van der Waals surface area contributed by atoms with Crippen LogP contribution >= 0.6 is 0 Å². The number of hydrogen-bond acceptors (Lipinski definition) is 2. The van der Waals surface area contributed by atoms with Gasteiger partial charge in [0.25, 0.3) is 0 Å². The Kier molecular flexibility index (Phi) is 5.38. The molecule has 106 valence electrons. The van der Waals surface area contributed by atoms with Crippen LogP contribution in [0.15, 0.2) is 18.3 Å². The van der Waals surface area contributed by atoms with Gasteiger partial charge in [-0.1, -0.05) is 39.2 Å². The molecule has 0 spiro atoms. The predicted octanol–water partition coefficient (Wildman–Crippen LogP) is 4.26. The number of rotatable bonds is 5. The minimum atomic E-state index is 0.496. The Bertz CT molecular complexity index is 363. The fourth-order valence-corrected chi connectivity index (χ4v) is 3.37. The summed E-state index contributed by atoms with van der Waals surface area (Å²) in [5.41, 5.74) is 2.47. The van der Waals surface area contributed by atoms with Crippen LogP contribution in [-0.4, -0.2) is 11.5 Å². The van der Waals surface area contributed by atoms with E-state index in [1.165, 1.54) is 37.7 Å². The van der Waals surface area contributed by atoms with E-state index in [1.54, 1.807) is 0 Å². The monoisotopic (exact) mass is 260 g/mol. The Morgan fingerprint density at radius 3 is 2.47 bits per heavy atom. The van der Waals surface area contributed by atoms with Crippen molar-refractivity contribution >= 4 is 0 Å². The molecule has 1 aliphatic carbocycles. The molecule has 1 unspecified atom stereocenters. The number of nitrogens with one attached hydrogen (secondary N) is 1. The van der Waals surface area contributed by atoms with E-state index in [9.17, 15) is 0 Å². The lowest BCUT2D eigenvalue weighted by molar-refractivity contribution is 0.220. The van der Waals surface area contributed by atoms with E-state index >= 15 is 0 Å². The zero-order chi connectivity index (χ0) is 13.7. The molecule has 1 atom stereocenters. The Hall–Kier alpha value is -0.890. The summed E-state index contributed by atoms with van der Waals surface area (Å²) in [6, 6.07) is 4.88. The van der Waals surface area contributed by atoms with Crippen molar-refractivity contribution in [1.82, 2.24) is 10.3 Å². The first-order valence-electron chi connectivity index (χ1n) is 7.90. The van der Waals surface area contributed by atoms with Crippen LogP contribution in [0.5, 0.6) is 0 Å². The molecule has 1 aliphatic rings. The maximum atomic E-state index is 4.47. The number of pyridine rings is 1. The molecule has 1 fully saturated rings. The summed E-state index contributed by atoms with van der Waals surface area (Å²) in [7, 11) is 0. The highest BCUT2D eigenvalue weighted by molar-refractivity contribution is 5.18. The molecule has 1 aromatic heterocycles. The summed E-state index contributed by atoms with van der Waals surface area (Å²) >= 11 is 0. The van der Waals surface area contributed by atoms with Gasteiger partial charge < -0.3 is 5.32 Å². The minimum Gasteiger partial charge on any atom is -0.310 e. The molecule has 1 heterocycles. The van der Waals surface area contributed by atoms with Crippen molar-refractivity contribution in [3.63, 3.8) is 0 Å². The highest BCUT2D eigenvalue weighted by atomic mass is 14.9. The van der Waals surface area contributed by atoms with E-state index in [0.29, 0.717) is 6.04 Å². The summed E-state index contributed by atoms with van der Waals surface area (Å²) in [6.45, 7) is 7.62. The van der Waals surface area contributed by atoms with Gasteiger partial charge in [0.15, 0.2) is 0 Å². The van der Waals surface area contributed by atoms with Crippen LogP contribution in [0.2, 0.25) is 0 Å². The molecule has 0 radical (unpaired) electrons. The van der Waals surface area contributed by atoms with E-state index in [0.717, 1.165) is 24.1 Å². The molecule has 0 aromatic carbocycles. The van der Waals surface area contributed by atoms with Crippen LogP contribution < -0.4 is 5.32 Å². The molecule has 2 heteroatoms. The number of aryl methyl sites for hydroxylation is 1. The van der Waals surface area contributed by atoms with Gasteiger partial charge in [0.2, 0.25) is 0 Å². The van der Waals surface area contributed by atoms with E-state index in [2.05, 4.69) is 49.4 Å². The highest BCUT2D eigenvalue weighted by Crippen LogP contribution is 2.37. The first-order valence-corrected chi connectivity index (χ1v) is 7.90. The summed E-state index contributed by atoms with van der Waals surface area (Å²) in [4.78, 5) is 4.47. The molecule has 1 aromatic rings. The van der Waals surface area contributed by atoms with Gasteiger partial charge in [-0.3, -0.25) is 4.98 Å². The molecule has 1 N–H and O–H groups in total. The number of hydrogen-bond donors (Lipinski definition) is 1. The second-order valence-electron chi connectivity index (χ2n) is 5.96. The fraction of sp³-hybridized carbons (Fsp3) is 0.706. The lowest BCUT2D eigenvalue weighted by atomic mass is 9.76. The van der Waals surface area contributed by atoms with Crippen LogP contribution in [0.4, 0.5) is 0 Å². The lowest BCUT2D eigenvalue weighted by Gasteiger charge is -2.34. The molecule has 19 heavy (non-hydrogen) atoms. The number of nitrogens with zero attached hydrogens (tertiary/aromatic N) is 1. The third-order valence-electron chi connectivity index (χ3n) is 4.66. The van der Waals surface area contributed by atoms with Crippen LogP contribution in [0.3, 0.4) is 0 Å². The maximum absolute atomic E-state index is 4.47. The third kappa shape index (κ3) is 3.79. The molecule has 2 nitrogen and oxygen atoms in total. The molecule has 1 saturated carbocycles. The van der Waals surface area contributed by atoms with E-state index in [-0.39, 0.29) is 0 Å². The van der Waals surface area contributed by atoms with Gasteiger partial charge in [0.1, 0.15) is 0 Å². The highest BCUT2D eigenvalue weighted by Gasteiger charge is 2.27. The summed E-state index contributed by atoms with van der Waals surface area (Å²) in [6.07, 6.45) is 8.96. The first kappa shape index (κ1) is 14.5. The smallest absolute Gasteiger partial charge is 0.0372 e. The SMILES string of the molecule is CCNC(c1ccc(C)nc1)C1CCC(CC)CC1. The van der Waals surface area contributed by atoms with Gasteiger partial charge >= 0.3 is 0 Å². The first-order chi connectivity index (χ1) is 9.24. The van der Waals surface area contributed by atoms with Crippen molar-refractivity contribution in [3.05, 3.63) is 29.6 Å². The van der Waals surface area contributed by atoms with Crippen molar-refractivity contribution in [2.75, 3.05) is 6.54 Å². The van der Waals surface area contributed by atoms with Crippen LogP contribution in [0, 0.1) is 18.8 Å². The van der Waals surface area contributed by atoms with Crippen LogP contribution in [0.1, 0.15) is 63.3 Å². The van der Waals surface area contributed by atoms with Gasteiger partial charge in [-0.05, 0) is 49.8 Å². The predicted molar refractivity (Wildman–Crippen MR) is 81.1 cm³/mol. The zero-order valence-corrected chi connectivity index (χ0v) is 12.7. The Morgan fingerprint density at radius 1 is 1.21 bits per heavy atom. The summed E-state index contributed by atoms with van der Waals surface area (Å²) < 4.78 is 0. The number of aromatic nitrogens is 1. The lowest BCUT2D eigenvalue weighted by Crippen LogP contribution is -2.31. The van der Waals surface area contributed by atoms with Crippen LogP contribution in [-0.2, 0) is 0 Å². The van der Waals surface area contributed by atoms with Gasteiger partial charge in [-0.2, -0.15) is 0 Å². The van der Waals surface area contributed by atoms with Crippen LogP contribution in [0.25, 0.3) is 0 Å². The summed E-state index contributed by atoms with van der Waals surface area (Å²) in [5, 5.41) is 3.68. The standard InChI is InChI=1S/C17H28N2/c1-4-14-7-10-15(11-8-14)17(18-5-2)16-9-6-13(3)19-12-16/h6,9,12,14-15,17-18H,4-5,7-8,10-11H2,1-3H3. The zero-order valence-electron chi connectivity index (χ0n) is 12.7. The normalized spacial score (nSPS) is 25.2. The van der Waals surface area contributed by atoms with E-state index in [1.807, 2.05) is 0 Å². The average Bonchev–Trinajstić information content (AvgIpc) is 2.46.